The Morgan fingerprint density at radius 1 is 0.415 bits per heavy atom. The molecule has 0 spiro atoms. The van der Waals surface area contributed by atoms with Crippen LogP contribution in [0.2, 0.25) is 0 Å². The molecule has 0 saturated carbocycles. The standard InChI is InChI=1S/C39H31NO/c1-26-14-4-7-17-30(26)33-24-29(40-35-20-10-12-22-37(35)41-38-23-13-11-21-36(38)40)25-34(31-18-8-5-15-27(31)2)39(33)32-19-9-6-16-28(32)3/h4-25H,1-3H3. The Labute approximate surface area is 242 Å². The van der Waals surface area contributed by atoms with Gasteiger partial charge in [-0.1, -0.05) is 97.1 Å². The van der Waals surface area contributed by atoms with Gasteiger partial charge >= 0.3 is 0 Å². The van der Waals surface area contributed by atoms with Gasteiger partial charge < -0.3 is 9.64 Å². The Hall–Kier alpha value is -5.08. The van der Waals surface area contributed by atoms with Gasteiger partial charge in [0.2, 0.25) is 0 Å². The molecule has 198 valence electrons. The molecule has 0 atom stereocenters. The van der Waals surface area contributed by atoms with E-state index in [-0.39, 0.29) is 0 Å². The van der Waals surface area contributed by atoms with E-state index in [1.807, 2.05) is 24.3 Å². The number of rotatable bonds is 4. The van der Waals surface area contributed by atoms with Gasteiger partial charge in [-0.15, -0.1) is 0 Å². The summed E-state index contributed by atoms with van der Waals surface area (Å²) >= 11 is 0. The summed E-state index contributed by atoms with van der Waals surface area (Å²) in [6.45, 7) is 6.62. The molecule has 1 aliphatic heterocycles. The van der Waals surface area contributed by atoms with Crippen LogP contribution in [0, 0.1) is 20.8 Å². The van der Waals surface area contributed by atoms with E-state index in [9.17, 15) is 0 Å². The molecule has 41 heavy (non-hydrogen) atoms. The molecular formula is C39H31NO. The van der Waals surface area contributed by atoms with Gasteiger partial charge in [0.1, 0.15) is 0 Å². The highest BCUT2D eigenvalue weighted by Crippen LogP contribution is 2.53. The van der Waals surface area contributed by atoms with Crippen molar-refractivity contribution >= 4 is 17.1 Å². The summed E-state index contributed by atoms with van der Waals surface area (Å²) in [5.74, 6) is 1.70. The Balaban J connectivity index is 1.62. The Kier molecular flexibility index (Phi) is 6.17. The van der Waals surface area contributed by atoms with Crippen LogP contribution in [-0.2, 0) is 0 Å². The number of nitrogens with zero attached hydrogens (tertiary/aromatic N) is 1. The topological polar surface area (TPSA) is 12.5 Å². The fourth-order valence-corrected chi connectivity index (χ4v) is 6.06. The highest BCUT2D eigenvalue weighted by Gasteiger charge is 2.28. The van der Waals surface area contributed by atoms with E-state index in [2.05, 4.69) is 135 Å². The Morgan fingerprint density at radius 2 is 0.805 bits per heavy atom. The molecule has 2 nitrogen and oxygen atoms in total. The third-order valence-corrected chi connectivity index (χ3v) is 8.10. The molecule has 0 aliphatic carbocycles. The summed E-state index contributed by atoms with van der Waals surface area (Å²) in [5, 5.41) is 0. The lowest BCUT2D eigenvalue weighted by molar-refractivity contribution is 0.477. The third kappa shape index (κ3) is 4.29. The number of hydrogen-bond acceptors (Lipinski definition) is 2. The number of hydrogen-bond donors (Lipinski definition) is 0. The van der Waals surface area contributed by atoms with Gasteiger partial charge in [0, 0.05) is 5.69 Å². The predicted octanol–water partition coefficient (Wildman–Crippen LogP) is 11.2. The maximum absolute atomic E-state index is 6.36. The molecule has 0 aromatic heterocycles. The number of ether oxygens (including phenoxy) is 1. The van der Waals surface area contributed by atoms with Crippen LogP contribution in [0.1, 0.15) is 16.7 Å². The normalized spacial score (nSPS) is 11.9. The fourth-order valence-electron chi connectivity index (χ4n) is 6.06. The van der Waals surface area contributed by atoms with Crippen molar-refractivity contribution in [1.82, 2.24) is 0 Å². The quantitative estimate of drug-likeness (QED) is 0.225. The van der Waals surface area contributed by atoms with E-state index >= 15 is 0 Å². The highest BCUT2D eigenvalue weighted by molar-refractivity contribution is 6.01. The van der Waals surface area contributed by atoms with Crippen LogP contribution in [0.15, 0.2) is 133 Å². The van der Waals surface area contributed by atoms with Crippen molar-refractivity contribution < 1.29 is 4.74 Å². The van der Waals surface area contributed by atoms with E-state index in [1.165, 1.54) is 50.1 Å². The second-order valence-corrected chi connectivity index (χ2v) is 10.7. The highest BCUT2D eigenvalue weighted by atomic mass is 16.5. The molecule has 0 unspecified atom stereocenters. The van der Waals surface area contributed by atoms with Gasteiger partial charge in [-0.2, -0.15) is 0 Å². The van der Waals surface area contributed by atoms with Gasteiger partial charge in [0.25, 0.3) is 0 Å². The first-order valence-corrected chi connectivity index (χ1v) is 14.1. The molecule has 6 aromatic carbocycles. The van der Waals surface area contributed by atoms with Crippen molar-refractivity contribution in [2.24, 2.45) is 0 Å². The van der Waals surface area contributed by atoms with Crippen LogP contribution in [0.25, 0.3) is 33.4 Å². The van der Waals surface area contributed by atoms with Gasteiger partial charge in [-0.05, 0) is 107 Å². The molecule has 2 heteroatoms. The van der Waals surface area contributed by atoms with Crippen molar-refractivity contribution in [2.75, 3.05) is 4.90 Å². The van der Waals surface area contributed by atoms with Crippen molar-refractivity contribution in [3.05, 3.63) is 150 Å². The van der Waals surface area contributed by atoms with Gasteiger partial charge in [0.15, 0.2) is 11.5 Å². The SMILES string of the molecule is Cc1ccccc1-c1cc(N2c3ccccc3Oc3ccccc32)cc(-c2ccccc2C)c1-c1ccccc1C. The minimum absolute atomic E-state index is 0.851. The zero-order valence-corrected chi connectivity index (χ0v) is 23.6. The molecule has 1 aliphatic rings. The summed E-state index contributed by atoms with van der Waals surface area (Å²) in [6, 6.07) is 47.5. The summed E-state index contributed by atoms with van der Waals surface area (Å²) in [4.78, 5) is 2.35. The summed E-state index contributed by atoms with van der Waals surface area (Å²) in [7, 11) is 0. The van der Waals surface area contributed by atoms with Crippen LogP contribution in [-0.4, -0.2) is 0 Å². The molecule has 0 radical (unpaired) electrons. The number of para-hydroxylation sites is 4. The van der Waals surface area contributed by atoms with Crippen molar-refractivity contribution in [3.8, 4) is 44.9 Å². The van der Waals surface area contributed by atoms with Crippen molar-refractivity contribution in [2.45, 2.75) is 20.8 Å². The van der Waals surface area contributed by atoms with Crippen LogP contribution in [0.4, 0.5) is 17.1 Å². The van der Waals surface area contributed by atoms with E-state index in [0.29, 0.717) is 0 Å². The molecule has 0 amide bonds. The van der Waals surface area contributed by atoms with Gasteiger partial charge in [0.05, 0.1) is 11.4 Å². The first-order valence-electron chi connectivity index (χ1n) is 14.1. The van der Waals surface area contributed by atoms with Crippen molar-refractivity contribution in [1.29, 1.82) is 0 Å². The molecule has 7 rings (SSSR count). The maximum atomic E-state index is 6.36. The molecule has 0 fully saturated rings. The van der Waals surface area contributed by atoms with Crippen LogP contribution < -0.4 is 9.64 Å². The van der Waals surface area contributed by atoms with E-state index in [4.69, 9.17) is 4.74 Å². The lowest BCUT2D eigenvalue weighted by Crippen LogP contribution is -2.16. The molecule has 0 bridgehead atoms. The minimum atomic E-state index is 0.851. The Bertz CT molecular complexity index is 1810. The monoisotopic (exact) mass is 529 g/mol. The third-order valence-electron chi connectivity index (χ3n) is 8.10. The number of aryl methyl sites for hydroxylation is 3. The minimum Gasteiger partial charge on any atom is -0.453 e. The average Bonchev–Trinajstić information content (AvgIpc) is 3.00. The number of fused-ring (bicyclic) bond motifs is 2. The molecule has 1 heterocycles. The zero-order valence-electron chi connectivity index (χ0n) is 23.6. The largest absolute Gasteiger partial charge is 0.453 e. The molecule has 0 saturated heterocycles. The van der Waals surface area contributed by atoms with Crippen molar-refractivity contribution in [3.63, 3.8) is 0 Å². The zero-order chi connectivity index (χ0) is 27.9. The second-order valence-electron chi connectivity index (χ2n) is 10.7. The van der Waals surface area contributed by atoms with E-state index in [1.54, 1.807) is 0 Å². The summed E-state index contributed by atoms with van der Waals surface area (Å²) < 4.78 is 6.36. The molecular weight excluding hydrogens is 498 g/mol. The lowest BCUT2D eigenvalue weighted by Gasteiger charge is -2.34. The number of benzene rings is 6. The lowest BCUT2D eigenvalue weighted by atomic mass is 9.83. The van der Waals surface area contributed by atoms with E-state index < -0.39 is 0 Å². The summed E-state index contributed by atoms with van der Waals surface area (Å²) in [5.41, 5.74) is 14.3. The molecule has 6 aromatic rings. The van der Waals surface area contributed by atoms with Crippen LogP contribution >= 0.6 is 0 Å². The van der Waals surface area contributed by atoms with E-state index in [0.717, 1.165) is 28.6 Å². The van der Waals surface area contributed by atoms with Gasteiger partial charge in [-0.3, -0.25) is 0 Å². The maximum Gasteiger partial charge on any atom is 0.151 e. The van der Waals surface area contributed by atoms with Crippen LogP contribution in [0.3, 0.4) is 0 Å². The van der Waals surface area contributed by atoms with Crippen LogP contribution in [0.5, 0.6) is 11.5 Å². The first kappa shape index (κ1) is 24.9. The predicted molar refractivity (Wildman–Crippen MR) is 172 cm³/mol. The van der Waals surface area contributed by atoms with Gasteiger partial charge in [-0.25, -0.2) is 0 Å². The summed E-state index contributed by atoms with van der Waals surface area (Å²) in [6.07, 6.45) is 0. The number of anilines is 3. The molecule has 0 N–H and O–H groups in total. The fraction of sp³-hybridized carbons (Fsp3) is 0.0769. The first-order chi connectivity index (χ1) is 20.1. The second kappa shape index (κ2) is 10.1. The average molecular weight is 530 g/mol. The Morgan fingerprint density at radius 3 is 1.27 bits per heavy atom. The smallest absolute Gasteiger partial charge is 0.151 e.